The van der Waals surface area contributed by atoms with Gasteiger partial charge in [0.05, 0.1) is 12.8 Å². The minimum absolute atomic E-state index is 0.0631. The summed E-state index contributed by atoms with van der Waals surface area (Å²) in [6.07, 6.45) is 5.19. The van der Waals surface area contributed by atoms with E-state index in [1.807, 2.05) is 30.8 Å². The summed E-state index contributed by atoms with van der Waals surface area (Å²) in [6.45, 7) is 2.87. The predicted octanol–water partition coefficient (Wildman–Crippen LogP) is 0.918. The Kier molecular flexibility index (Phi) is 3.88. The molecule has 2 aromatic rings. The third-order valence-electron chi connectivity index (χ3n) is 2.69. The quantitative estimate of drug-likeness (QED) is 0.851. The largest absolute Gasteiger partial charge is 0.481 e. The number of aryl methyl sites for hydroxylation is 1. The molecule has 0 spiro atoms. The van der Waals surface area contributed by atoms with Gasteiger partial charge in [0, 0.05) is 25.5 Å². The van der Waals surface area contributed by atoms with Gasteiger partial charge in [-0.15, -0.1) is 0 Å². The Morgan fingerprint density at radius 2 is 2.22 bits per heavy atom. The number of nitrogens with one attached hydrogen (secondary N) is 1. The molecule has 0 aliphatic carbocycles. The van der Waals surface area contributed by atoms with Gasteiger partial charge in [0.25, 0.3) is 0 Å². The monoisotopic (exact) mass is 247 g/mol. The van der Waals surface area contributed by atoms with Crippen LogP contribution in [0.1, 0.15) is 24.5 Å². The van der Waals surface area contributed by atoms with Crippen LogP contribution in [0.15, 0.2) is 24.8 Å². The highest BCUT2D eigenvalue weighted by molar-refractivity contribution is 5.22. The summed E-state index contributed by atoms with van der Waals surface area (Å²) in [4.78, 5) is 12.7. The fourth-order valence-corrected chi connectivity index (χ4v) is 1.81. The highest BCUT2D eigenvalue weighted by Gasteiger charge is 2.19. The van der Waals surface area contributed by atoms with Crippen molar-refractivity contribution in [1.82, 2.24) is 24.8 Å². The first-order valence-corrected chi connectivity index (χ1v) is 5.82. The molecule has 0 aliphatic heterocycles. The zero-order valence-corrected chi connectivity index (χ0v) is 10.8. The summed E-state index contributed by atoms with van der Waals surface area (Å²) in [7, 11) is 3.56. The lowest BCUT2D eigenvalue weighted by Gasteiger charge is -2.17. The summed E-state index contributed by atoms with van der Waals surface area (Å²) in [5.74, 6) is 1.47. The predicted molar refractivity (Wildman–Crippen MR) is 67.3 cm³/mol. The van der Waals surface area contributed by atoms with E-state index in [0.717, 1.165) is 18.1 Å². The fraction of sp³-hybridized carbons (Fsp3) is 0.417. The van der Waals surface area contributed by atoms with Gasteiger partial charge in [-0.3, -0.25) is 0 Å². The summed E-state index contributed by atoms with van der Waals surface area (Å²) in [6, 6.07) is 1.76. The van der Waals surface area contributed by atoms with Crippen molar-refractivity contribution in [3.8, 4) is 5.88 Å². The van der Waals surface area contributed by atoms with Crippen LogP contribution in [0, 0.1) is 0 Å². The first-order valence-electron chi connectivity index (χ1n) is 5.82. The van der Waals surface area contributed by atoms with Gasteiger partial charge in [0.2, 0.25) is 5.88 Å². The number of rotatable bonds is 5. The Morgan fingerprint density at radius 1 is 1.39 bits per heavy atom. The molecular formula is C12H17N5O. The van der Waals surface area contributed by atoms with Crippen molar-refractivity contribution in [2.75, 3.05) is 13.7 Å². The van der Waals surface area contributed by atoms with Crippen LogP contribution in [-0.4, -0.2) is 33.2 Å². The van der Waals surface area contributed by atoms with Crippen LogP contribution >= 0.6 is 0 Å². The number of imidazole rings is 1. The van der Waals surface area contributed by atoms with Gasteiger partial charge < -0.3 is 14.6 Å². The molecule has 0 radical (unpaired) electrons. The van der Waals surface area contributed by atoms with E-state index in [1.54, 1.807) is 13.3 Å². The standard InChI is InChI=1S/C12H17N5O/c1-4-13-11(12-14-5-6-17(12)2)9-7-10(18-3)16-8-15-9/h5-8,11,13H,4H2,1-3H3. The van der Waals surface area contributed by atoms with Gasteiger partial charge >= 0.3 is 0 Å². The number of hydrogen-bond donors (Lipinski definition) is 1. The molecule has 2 rings (SSSR count). The summed E-state index contributed by atoms with van der Waals surface area (Å²) in [5, 5.41) is 3.36. The molecule has 2 heterocycles. The highest BCUT2D eigenvalue weighted by Crippen LogP contribution is 2.20. The SMILES string of the molecule is CCNC(c1cc(OC)ncn1)c1nccn1C. The lowest BCUT2D eigenvalue weighted by atomic mass is 10.2. The molecule has 0 fully saturated rings. The molecular weight excluding hydrogens is 230 g/mol. The Morgan fingerprint density at radius 3 is 2.83 bits per heavy atom. The van der Waals surface area contributed by atoms with Gasteiger partial charge in [0.1, 0.15) is 18.2 Å². The van der Waals surface area contributed by atoms with E-state index in [4.69, 9.17) is 4.74 Å². The van der Waals surface area contributed by atoms with E-state index in [0.29, 0.717) is 5.88 Å². The van der Waals surface area contributed by atoms with Crippen LogP contribution in [0.25, 0.3) is 0 Å². The van der Waals surface area contributed by atoms with Crippen molar-refractivity contribution in [3.05, 3.63) is 36.3 Å². The number of aromatic nitrogens is 4. The van der Waals surface area contributed by atoms with Gasteiger partial charge in [-0.1, -0.05) is 6.92 Å². The van der Waals surface area contributed by atoms with Gasteiger partial charge in [-0.25, -0.2) is 15.0 Å². The summed E-state index contributed by atoms with van der Waals surface area (Å²) in [5.41, 5.74) is 0.845. The van der Waals surface area contributed by atoms with E-state index < -0.39 is 0 Å². The lowest BCUT2D eigenvalue weighted by Crippen LogP contribution is -2.25. The van der Waals surface area contributed by atoms with E-state index in [9.17, 15) is 0 Å². The van der Waals surface area contributed by atoms with Crippen LogP contribution < -0.4 is 10.1 Å². The van der Waals surface area contributed by atoms with Crippen molar-refractivity contribution in [3.63, 3.8) is 0 Å². The second-order valence-electron chi connectivity index (χ2n) is 3.87. The molecule has 1 atom stereocenters. The molecule has 6 heteroatoms. The van der Waals surface area contributed by atoms with Crippen molar-refractivity contribution < 1.29 is 4.74 Å². The Balaban J connectivity index is 2.38. The molecule has 0 aromatic carbocycles. The number of methoxy groups -OCH3 is 1. The van der Waals surface area contributed by atoms with E-state index in [2.05, 4.69) is 20.3 Å². The second-order valence-corrected chi connectivity index (χ2v) is 3.87. The third kappa shape index (κ3) is 2.48. The maximum Gasteiger partial charge on any atom is 0.216 e. The number of hydrogen-bond acceptors (Lipinski definition) is 5. The Labute approximate surface area is 106 Å². The first-order chi connectivity index (χ1) is 8.76. The Bertz CT molecular complexity index is 511. The van der Waals surface area contributed by atoms with Crippen LogP contribution in [-0.2, 0) is 7.05 Å². The van der Waals surface area contributed by atoms with Crippen LogP contribution in [0.4, 0.5) is 0 Å². The molecule has 0 saturated carbocycles. The summed E-state index contributed by atoms with van der Waals surface area (Å²) >= 11 is 0. The molecule has 2 aromatic heterocycles. The maximum absolute atomic E-state index is 5.12. The molecule has 0 amide bonds. The first kappa shape index (κ1) is 12.5. The Hall–Kier alpha value is -1.95. The van der Waals surface area contributed by atoms with Crippen molar-refractivity contribution in [1.29, 1.82) is 0 Å². The minimum Gasteiger partial charge on any atom is -0.481 e. The topological polar surface area (TPSA) is 64.9 Å². The average Bonchev–Trinajstić information content (AvgIpc) is 2.82. The van der Waals surface area contributed by atoms with Gasteiger partial charge in [-0.2, -0.15) is 0 Å². The number of nitrogens with zero attached hydrogens (tertiary/aromatic N) is 4. The van der Waals surface area contributed by atoms with Crippen molar-refractivity contribution in [2.24, 2.45) is 7.05 Å². The van der Waals surface area contributed by atoms with E-state index in [-0.39, 0.29) is 6.04 Å². The van der Waals surface area contributed by atoms with Gasteiger partial charge in [-0.05, 0) is 6.54 Å². The smallest absolute Gasteiger partial charge is 0.216 e. The summed E-state index contributed by atoms with van der Waals surface area (Å²) < 4.78 is 7.10. The molecule has 18 heavy (non-hydrogen) atoms. The van der Waals surface area contributed by atoms with Crippen LogP contribution in [0.2, 0.25) is 0 Å². The molecule has 6 nitrogen and oxygen atoms in total. The average molecular weight is 247 g/mol. The third-order valence-corrected chi connectivity index (χ3v) is 2.69. The van der Waals surface area contributed by atoms with E-state index in [1.165, 1.54) is 6.33 Å². The van der Waals surface area contributed by atoms with Crippen molar-refractivity contribution in [2.45, 2.75) is 13.0 Å². The van der Waals surface area contributed by atoms with Crippen molar-refractivity contribution >= 4 is 0 Å². The molecule has 96 valence electrons. The van der Waals surface area contributed by atoms with Crippen LogP contribution in [0.5, 0.6) is 5.88 Å². The molecule has 0 saturated heterocycles. The normalized spacial score (nSPS) is 12.4. The lowest BCUT2D eigenvalue weighted by molar-refractivity contribution is 0.394. The maximum atomic E-state index is 5.12. The zero-order chi connectivity index (χ0) is 13.0. The van der Waals surface area contributed by atoms with E-state index >= 15 is 0 Å². The highest BCUT2D eigenvalue weighted by atomic mass is 16.5. The molecule has 0 bridgehead atoms. The molecule has 1 unspecified atom stereocenters. The second kappa shape index (κ2) is 5.59. The fourth-order valence-electron chi connectivity index (χ4n) is 1.81. The van der Waals surface area contributed by atoms with Crippen LogP contribution in [0.3, 0.4) is 0 Å². The minimum atomic E-state index is -0.0631. The number of ether oxygens (including phenoxy) is 1. The zero-order valence-electron chi connectivity index (χ0n) is 10.8. The molecule has 0 aliphatic rings. The van der Waals surface area contributed by atoms with Gasteiger partial charge in [0.15, 0.2) is 0 Å². The molecule has 1 N–H and O–H groups in total.